The summed E-state index contributed by atoms with van der Waals surface area (Å²) < 4.78 is 0.510. The van der Waals surface area contributed by atoms with Crippen LogP contribution in [0.4, 0.5) is 0 Å². The molecule has 0 atom stereocenters. The predicted molar refractivity (Wildman–Crippen MR) is 107 cm³/mol. The number of nitrogens with zero attached hydrogens (tertiary/aromatic N) is 1. The van der Waals surface area contributed by atoms with Crippen LogP contribution in [-0.4, -0.2) is 26.8 Å². The second-order valence-electron chi connectivity index (χ2n) is 5.64. The van der Waals surface area contributed by atoms with E-state index in [9.17, 15) is 9.90 Å². The lowest BCUT2D eigenvalue weighted by Gasteiger charge is -2.10. The van der Waals surface area contributed by atoms with Gasteiger partial charge in [0.2, 0.25) is 0 Å². The molecule has 5 heteroatoms. The van der Waals surface area contributed by atoms with Crippen LogP contribution in [0.3, 0.4) is 0 Å². The third kappa shape index (κ3) is 4.00. The summed E-state index contributed by atoms with van der Waals surface area (Å²) in [6, 6.07) is 15.6. The highest BCUT2D eigenvalue weighted by atomic mass is 32.2. The highest BCUT2D eigenvalue weighted by Gasteiger charge is 2.31. The number of benzene rings is 2. The Balaban J connectivity index is 1.87. The molecule has 1 fully saturated rings. The van der Waals surface area contributed by atoms with Crippen molar-refractivity contribution in [2.24, 2.45) is 0 Å². The van der Waals surface area contributed by atoms with Gasteiger partial charge in [-0.05, 0) is 35.8 Å². The maximum absolute atomic E-state index is 12.4. The van der Waals surface area contributed by atoms with Crippen LogP contribution >= 0.6 is 24.0 Å². The van der Waals surface area contributed by atoms with Gasteiger partial charge >= 0.3 is 0 Å². The van der Waals surface area contributed by atoms with Crippen molar-refractivity contribution in [1.82, 2.24) is 4.90 Å². The number of rotatable bonds is 5. The van der Waals surface area contributed by atoms with Gasteiger partial charge < -0.3 is 5.11 Å². The minimum absolute atomic E-state index is 0.144. The normalized spacial score (nSPS) is 15.8. The minimum Gasteiger partial charge on any atom is -0.507 e. The zero-order valence-electron chi connectivity index (χ0n) is 13.5. The number of thiocarbonyl (C=S) groups is 1. The summed E-state index contributed by atoms with van der Waals surface area (Å²) in [5, 5.41) is 10.2. The van der Waals surface area contributed by atoms with Gasteiger partial charge in [-0.2, -0.15) is 0 Å². The van der Waals surface area contributed by atoms with Gasteiger partial charge in [0.05, 0.1) is 4.91 Å². The number of phenols is 1. The van der Waals surface area contributed by atoms with E-state index >= 15 is 0 Å². The topological polar surface area (TPSA) is 40.5 Å². The predicted octanol–water partition coefficient (Wildman–Crippen LogP) is 4.37. The van der Waals surface area contributed by atoms with Crippen LogP contribution < -0.4 is 0 Å². The number of phenolic OH excluding ortho intramolecular Hbond substituents is 1. The van der Waals surface area contributed by atoms with Gasteiger partial charge in [-0.1, -0.05) is 66.5 Å². The molecule has 1 N–H and O–H groups in total. The molecule has 3 rings (SSSR count). The molecular weight excluding hydrogens is 350 g/mol. The van der Waals surface area contributed by atoms with Crippen LogP contribution in [0.1, 0.15) is 16.7 Å². The number of hydrogen-bond acceptors (Lipinski definition) is 4. The van der Waals surface area contributed by atoms with E-state index in [0.29, 0.717) is 21.3 Å². The van der Waals surface area contributed by atoms with E-state index in [4.69, 9.17) is 12.2 Å². The Hall–Kier alpha value is -2.37. The summed E-state index contributed by atoms with van der Waals surface area (Å²) in [7, 11) is 0. The van der Waals surface area contributed by atoms with E-state index in [1.165, 1.54) is 22.2 Å². The number of thioether (sulfide) groups is 1. The number of amides is 1. The average Bonchev–Trinajstić information content (AvgIpc) is 2.87. The van der Waals surface area contributed by atoms with Crippen LogP contribution in [0.25, 0.3) is 6.08 Å². The minimum atomic E-state index is -0.150. The maximum Gasteiger partial charge on any atom is 0.266 e. The molecule has 2 aromatic rings. The molecule has 0 aromatic heterocycles. The lowest BCUT2D eigenvalue weighted by molar-refractivity contribution is -0.121. The largest absolute Gasteiger partial charge is 0.507 e. The lowest BCUT2D eigenvalue weighted by atomic mass is 10.0. The van der Waals surface area contributed by atoms with E-state index < -0.39 is 0 Å². The first-order valence-corrected chi connectivity index (χ1v) is 9.03. The summed E-state index contributed by atoms with van der Waals surface area (Å²) in [4.78, 5) is 14.4. The molecule has 1 amide bonds. The number of carbonyl (C=O) groups excluding carboxylic acids is 1. The standard InChI is InChI=1S/C20H17NO2S2/c1-2-10-21-19(23)18(25-20(21)24)13-16-12-15(8-9-17(16)22)11-14-6-4-3-5-7-14/h2-9,12-13,22H,1,10-11H2/b18-13+. The zero-order chi connectivity index (χ0) is 17.8. The highest BCUT2D eigenvalue weighted by molar-refractivity contribution is 8.26. The smallest absolute Gasteiger partial charge is 0.266 e. The van der Waals surface area contributed by atoms with Gasteiger partial charge in [-0.25, -0.2) is 0 Å². The second kappa shape index (κ2) is 7.68. The Morgan fingerprint density at radius 2 is 1.92 bits per heavy atom. The summed E-state index contributed by atoms with van der Waals surface area (Å²) in [5.74, 6) is -0.00596. The maximum atomic E-state index is 12.4. The van der Waals surface area contributed by atoms with E-state index in [0.717, 1.165) is 12.0 Å². The zero-order valence-corrected chi connectivity index (χ0v) is 15.1. The summed E-state index contributed by atoms with van der Waals surface area (Å²) >= 11 is 6.48. The van der Waals surface area contributed by atoms with Crippen molar-refractivity contribution < 1.29 is 9.90 Å². The fraction of sp³-hybridized carbons (Fsp3) is 0.100. The molecule has 0 bridgehead atoms. The first-order valence-electron chi connectivity index (χ1n) is 7.80. The van der Waals surface area contributed by atoms with Gasteiger partial charge in [0.15, 0.2) is 0 Å². The van der Waals surface area contributed by atoms with Crippen molar-refractivity contribution >= 4 is 40.3 Å². The van der Waals surface area contributed by atoms with Gasteiger partial charge in [0.1, 0.15) is 10.1 Å². The molecule has 0 saturated carbocycles. The van der Waals surface area contributed by atoms with Crippen LogP contribution in [-0.2, 0) is 11.2 Å². The Labute approximate surface area is 156 Å². The van der Waals surface area contributed by atoms with E-state index in [1.807, 2.05) is 30.3 Å². The Morgan fingerprint density at radius 3 is 2.64 bits per heavy atom. The third-order valence-corrected chi connectivity index (χ3v) is 5.19. The SMILES string of the molecule is C=CCN1C(=O)/C(=C\c2cc(Cc3ccccc3)ccc2O)SC1=S. The van der Waals surface area contributed by atoms with Crippen molar-refractivity contribution in [3.8, 4) is 5.75 Å². The van der Waals surface area contributed by atoms with Gasteiger partial charge in [0, 0.05) is 12.1 Å². The molecule has 0 aliphatic carbocycles. The van der Waals surface area contributed by atoms with Gasteiger partial charge in [-0.3, -0.25) is 9.69 Å². The molecule has 0 radical (unpaired) electrons. The fourth-order valence-corrected chi connectivity index (χ4v) is 3.85. The van der Waals surface area contributed by atoms with Crippen LogP contribution in [0.2, 0.25) is 0 Å². The molecule has 1 saturated heterocycles. The number of carbonyl (C=O) groups is 1. The molecular formula is C20H17NO2S2. The molecule has 0 spiro atoms. The fourth-order valence-electron chi connectivity index (χ4n) is 2.59. The first-order chi connectivity index (χ1) is 12.1. The molecule has 25 heavy (non-hydrogen) atoms. The molecule has 2 aromatic carbocycles. The van der Waals surface area contributed by atoms with Crippen LogP contribution in [0.5, 0.6) is 5.75 Å². The summed E-state index contributed by atoms with van der Waals surface area (Å²) in [5.41, 5.74) is 2.88. The lowest BCUT2D eigenvalue weighted by Crippen LogP contribution is -2.27. The molecule has 126 valence electrons. The first kappa shape index (κ1) is 17.5. The molecule has 0 unspecified atom stereocenters. The molecule has 1 aliphatic rings. The van der Waals surface area contributed by atoms with Crippen molar-refractivity contribution in [3.63, 3.8) is 0 Å². The molecule has 1 aliphatic heterocycles. The number of hydrogen-bond donors (Lipinski definition) is 1. The average molecular weight is 367 g/mol. The molecule has 3 nitrogen and oxygen atoms in total. The van der Waals surface area contributed by atoms with Crippen LogP contribution in [0, 0.1) is 0 Å². The highest BCUT2D eigenvalue weighted by Crippen LogP contribution is 2.34. The van der Waals surface area contributed by atoms with E-state index in [-0.39, 0.29) is 11.7 Å². The van der Waals surface area contributed by atoms with Crippen molar-refractivity contribution in [3.05, 3.63) is 82.8 Å². The van der Waals surface area contributed by atoms with Gasteiger partial charge in [-0.15, -0.1) is 6.58 Å². The number of aromatic hydroxyl groups is 1. The quantitative estimate of drug-likeness (QED) is 0.484. The Bertz CT molecular complexity index is 859. The van der Waals surface area contributed by atoms with Crippen molar-refractivity contribution in [1.29, 1.82) is 0 Å². The van der Waals surface area contributed by atoms with Crippen molar-refractivity contribution in [2.45, 2.75) is 6.42 Å². The van der Waals surface area contributed by atoms with E-state index in [2.05, 4.69) is 18.7 Å². The third-order valence-electron chi connectivity index (χ3n) is 3.81. The molecule has 1 heterocycles. The summed E-state index contributed by atoms with van der Waals surface area (Å²) in [6.07, 6.45) is 4.11. The summed E-state index contributed by atoms with van der Waals surface area (Å²) in [6.45, 7) is 4.04. The Kier molecular flexibility index (Phi) is 5.36. The monoisotopic (exact) mass is 367 g/mol. The van der Waals surface area contributed by atoms with E-state index in [1.54, 1.807) is 18.2 Å². The van der Waals surface area contributed by atoms with Crippen LogP contribution in [0.15, 0.2) is 66.1 Å². The van der Waals surface area contributed by atoms with Gasteiger partial charge in [0.25, 0.3) is 5.91 Å². The second-order valence-corrected chi connectivity index (χ2v) is 7.31. The Morgan fingerprint density at radius 1 is 1.16 bits per heavy atom. The van der Waals surface area contributed by atoms with Crippen molar-refractivity contribution in [2.75, 3.05) is 6.54 Å².